The molecule has 0 bridgehead atoms. The van der Waals surface area contributed by atoms with Gasteiger partial charge < -0.3 is 78.3 Å². The predicted octanol–water partition coefficient (Wildman–Crippen LogP) is -2.87. The molecule has 0 spiro atoms. The van der Waals surface area contributed by atoms with Crippen LogP contribution in [0.25, 0.3) is 0 Å². The third kappa shape index (κ3) is 15.4. The summed E-state index contributed by atoms with van der Waals surface area (Å²) in [6.45, 7) is 0. The summed E-state index contributed by atoms with van der Waals surface area (Å²) in [4.78, 5) is 140. The minimum absolute atomic E-state index is 1.73. The van der Waals surface area contributed by atoms with Gasteiger partial charge in [0.15, 0.2) is 16.2 Å². The molecule has 0 saturated heterocycles. The van der Waals surface area contributed by atoms with Crippen LogP contribution in [-0.2, 0) is 36.5 Å². The highest BCUT2D eigenvalue weighted by Gasteiger charge is 2.56. The summed E-state index contributed by atoms with van der Waals surface area (Å²) in [5.74, 6) is 0. The first-order chi connectivity index (χ1) is 15.9. The first kappa shape index (κ1) is 41.3. The van der Waals surface area contributed by atoms with Crippen molar-refractivity contribution in [1.82, 2.24) is 0 Å². The average molecular weight is 728 g/mol. The van der Waals surface area contributed by atoms with E-state index in [1.807, 2.05) is 0 Å². The van der Waals surface area contributed by atoms with Crippen LogP contribution >= 0.6 is 60.8 Å². The molecule has 0 fully saturated rings. The molecule has 232 valence electrons. The molecule has 32 heteroatoms. The van der Waals surface area contributed by atoms with Gasteiger partial charge in [0, 0.05) is 0 Å². The maximum Gasteiger partial charge on any atom is 0.341 e. The Morgan fingerprint density at radius 3 is 0.737 bits per heavy atom. The molecule has 0 heterocycles. The molecule has 0 aromatic rings. The van der Waals surface area contributed by atoms with Crippen LogP contribution in [0, 0.1) is 0 Å². The van der Waals surface area contributed by atoms with Crippen LogP contribution in [0.4, 0.5) is 0 Å². The molecule has 0 rings (SSSR count). The molecule has 0 aliphatic rings. The van der Waals surface area contributed by atoms with Gasteiger partial charge in [0.1, 0.15) is 0 Å². The Balaban J connectivity index is 0. The van der Waals surface area contributed by atoms with Crippen LogP contribution in [0.5, 0.6) is 0 Å². The van der Waals surface area contributed by atoms with E-state index >= 15 is 0 Å². The van der Waals surface area contributed by atoms with E-state index in [1.54, 1.807) is 0 Å². The van der Waals surface area contributed by atoms with Crippen molar-refractivity contribution < 1.29 is 115 Å². The number of hydrogen-bond acceptors (Lipinski definition) is 8. The normalized spacial score (nSPS) is 16.0. The summed E-state index contributed by atoms with van der Waals surface area (Å²) in [6.07, 6.45) is -3.51. The molecular weight excluding hydrogens is 704 g/mol. The van der Waals surface area contributed by atoms with E-state index in [1.165, 1.54) is 0 Å². The summed E-state index contributed by atoms with van der Waals surface area (Å²) in [6, 6.07) is 0. The van der Waals surface area contributed by atoms with Crippen molar-refractivity contribution >= 4 is 60.8 Å². The number of rotatable bonds is 12. The quantitative estimate of drug-likeness (QED) is 0.0898. The molecule has 0 radical (unpaired) electrons. The summed E-state index contributed by atoms with van der Waals surface area (Å²) in [7, 11) is -44.4. The van der Waals surface area contributed by atoms with E-state index in [0.717, 1.165) is 0 Å². The summed E-state index contributed by atoms with van der Waals surface area (Å²) in [5, 5.41) is -9.02. The molecule has 1 atom stereocenters. The van der Waals surface area contributed by atoms with E-state index in [4.69, 9.17) is 78.3 Å². The van der Waals surface area contributed by atoms with Gasteiger partial charge >= 0.3 is 60.8 Å². The Hall–Kier alpha value is 1.20. The van der Waals surface area contributed by atoms with Crippen molar-refractivity contribution in [3.05, 3.63) is 0 Å². The Kier molecular flexibility index (Phi) is 14.4. The van der Waals surface area contributed by atoms with Crippen LogP contribution in [0.2, 0.25) is 0 Å². The smallest absolute Gasteiger partial charge is 0.324 e. The van der Waals surface area contributed by atoms with Gasteiger partial charge in [-0.1, -0.05) is 0 Å². The van der Waals surface area contributed by atoms with Gasteiger partial charge in [-0.2, -0.15) is 0 Å². The molecule has 24 nitrogen and oxygen atoms in total. The molecule has 0 saturated carbocycles. The van der Waals surface area contributed by atoms with Gasteiger partial charge in [0.05, 0.1) is 11.8 Å². The van der Waals surface area contributed by atoms with Gasteiger partial charge in [0.25, 0.3) is 0 Å². The fourth-order valence-corrected chi connectivity index (χ4v) is 15.8. The monoisotopic (exact) mass is 728 g/mol. The topological polar surface area (TPSA) is 460 Å². The minimum atomic E-state index is -5.73. The lowest BCUT2D eigenvalue weighted by molar-refractivity contribution is 0.314. The zero-order chi connectivity index (χ0) is 31.7. The highest BCUT2D eigenvalue weighted by Crippen LogP contribution is 2.70. The van der Waals surface area contributed by atoms with Crippen molar-refractivity contribution in [3.63, 3.8) is 0 Å². The standard InChI is InChI=1S/2C3H12O12P4/c4-16(5,6)1-2(17(7,8)9)3(18(10,11)12)19(13,14)15;4-16(5,6)2(17(7,8)9)1-3(18(10,11)12)19(13,14)15/h2*2-3H,1H2,(H2,4,5,6)(H2,7,8,9)(H2,10,11,12)(H2,13,14,15). The second-order valence-electron chi connectivity index (χ2n) is 7.15. The van der Waals surface area contributed by atoms with Crippen molar-refractivity contribution in [1.29, 1.82) is 0 Å². The minimum Gasteiger partial charge on any atom is -0.324 e. The van der Waals surface area contributed by atoms with E-state index in [9.17, 15) is 36.5 Å². The summed E-state index contributed by atoms with van der Waals surface area (Å²) in [5.41, 5.74) is -2.88. The second-order valence-corrected chi connectivity index (χ2v) is 22.6. The lowest BCUT2D eigenvalue weighted by Gasteiger charge is -2.28. The molecular formula is C6H24O24P8. The summed E-state index contributed by atoms with van der Waals surface area (Å²) < 4.78 is 87.1. The van der Waals surface area contributed by atoms with Gasteiger partial charge in [0.2, 0.25) is 0 Å². The van der Waals surface area contributed by atoms with Crippen LogP contribution in [0.15, 0.2) is 0 Å². The van der Waals surface area contributed by atoms with Crippen molar-refractivity contribution in [3.8, 4) is 0 Å². The van der Waals surface area contributed by atoms with Gasteiger partial charge in [-0.15, -0.1) is 0 Å². The SMILES string of the molecule is O=P(O)(O)C(CC(P(=O)(O)O)P(=O)(O)O)P(=O)(O)O.O=P(O)(O)CC(C(P(=O)(O)O)P(=O)(O)O)P(=O)(O)O. The lowest BCUT2D eigenvalue weighted by atomic mass is 10.5. The molecule has 0 aromatic carbocycles. The highest BCUT2D eigenvalue weighted by molar-refractivity contribution is 7.73. The predicted molar refractivity (Wildman–Crippen MR) is 121 cm³/mol. The third-order valence-corrected chi connectivity index (χ3v) is 18.3. The molecule has 0 aliphatic carbocycles. The van der Waals surface area contributed by atoms with Crippen molar-refractivity contribution in [2.24, 2.45) is 0 Å². The Morgan fingerprint density at radius 2 is 0.605 bits per heavy atom. The van der Waals surface area contributed by atoms with E-state index in [0.29, 0.717) is 0 Å². The molecule has 0 aromatic heterocycles. The Morgan fingerprint density at radius 1 is 0.368 bits per heavy atom. The molecule has 16 N–H and O–H groups in total. The van der Waals surface area contributed by atoms with Gasteiger partial charge in [-0.3, -0.25) is 36.5 Å². The van der Waals surface area contributed by atoms with E-state index in [2.05, 4.69) is 0 Å². The molecule has 0 aliphatic heterocycles. The van der Waals surface area contributed by atoms with Crippen molar-refractivity contribution in [2.75, 3.05) is 6.16 Å². The fourth-order valence-electron chi connectivity index (χ4n) is 2.39. The largest absolute Gasteiger partial charge is 0.341 e. The Labute approximate surface area is 210 Å². The lowest BCUT2D eigenvalue weighted by Crippen LogP contribution is -2.30. The maximum absolute atomic E-state index is 11.0. The first-order valence-corrected chi connectivity index (χ1v) is 21.9. The zero-order valence-electron chi connectivity index (χ0n) is 17.7. The highest BCUT2D eigenvalue weighted by atomic mass is 31.3. The van der Waals surface area contributed by atoms with Crippen LogP contribution < -0.4 is 0 Å². The third-order valence-electron chi connectivity index (χ3n) is 3.86. The fraction of sp³-hybridized carbons (Fsp3) is 1.00. The molecule has 0 amide bonds. The van der Waals surface area contributed by atoms with E-state index < -0.39 is 95.2 Å². The van der Waals surface area contributed by atoms with E-state index in [-0.39, 0.29) is 0 Å². The van der Waals surface area contributed by atoms with Crippen molar-refractivity contribution in [2.45, 2.75) is 28.3 Å². The second kappa shape index (κ2) is 13.2. The summed E-state index contributed by atoms with van der Waals surface area (Å²) >= 11 is 0. The first-order valence-electron chi connectivity index (χ1n) is 8.34. The van der Waals surface area contributed by atoms with Crippen LogP contribution in [0.3, 0.4) is 0 Å². The van der Waals surface area contributed by atoms with Crippen LogP contribution in [0.1, 0.15) is 6.42 Å². The zero-order valence-corrected chi connectivity index (χ0v) is 24.9. The van der Waals surface area contributed by atoms with Crippen LogP contribution in [-0.4, -0.2) is 106 Å². The van der Waals surface area contributed by atoms with Gasteiger partial charge in [-0.25, -0.2) is 0 Å². The van der Waals surface area contributed by atoms with Gasteiger partial charge in [-0.05, 0) is 6.42 Å². The molecule has 38 heavy (non-hydrogen) atoms. The average Bonchev–Trinajstić information content (AvgIpc) is 2.44. The Bertz CT molecular complexity index is 1070. The molecule has 1 unspecified atom stereocenters. The maximum atomic E-state index is 11.0. The number of hydrogen-bond donors (Lipinski definition) is 16.